The molecule has 0 aliphatic heterocycles. The number of nitrogens with one attached hydrogen (secondary N) is 1. The van der Waals surface area contributed by atoms with Crippen LogP contribution in [0.25, 0.3) is 11.1 Å². The SMILES string of the molecule is CCCCc1nc(Cl)c(CNC(=O)C(CS)CC(CC)CC)n1Cc1ccc(-c2ccccc2C(=O)O)cc1. The molecule has 0 saturated carbocycles. The smallest absolute Gasteiger partial charge is 0.336 e. The molecule has 1 unspecified atom stereocenters. The summed E-state index contributed by atoms with van der Waals surface area (Å²) in [6.07, 6.45) is 5.74. The van der Waals surface area contributed by atoms with Gasteiger partial charge < -0.3 is 15.0 Å². The van der Waals surface area contributed by atoms with Crippen LogP contribution in [0.3, 0.4) is 0 Å². The van der Waals surface area contributed by atoms with Crippen molar-refractivity contribution in [3.05, 3.63) is 76.3 Å². The van der Waals surface area contributed by atoms with Crippen LogP contribution in [-0.4, -0.2) is 32.3 Å². The van der Waals surface area contributed by atoms with E-state index in [0.29, 0.717) is 35.5 Å². The minimum atomic E-state index is -0.949. The number of halogens is 1. The summed E-state index contributed by atoms with van der Waals surface area (Å²) in [5.74, 6) is 0.817. The Morgan fingerprint density at radius 1 is 1.08 bits per heavy atom. The lowest BCUT2D eigenvalue weighted by Gasteiger charge is -2.20. The van der Waals surface area contributed by atoms with Crippen LogP contribution in [-0.2, 0) is 24.3 Å². The lowest BCUT2D eigenvalue weighted by atomic mass is 9.91. The van der Waals surface area contributed by atoms with Crippen molar-refractivity contribution in [2.75, 3.05) is 5.75 Å². The fraction of sp³-hybridized carbons (Fsp3) is 0.452. The van der Waals surface area contributed by atoms with E-state index >= 15 is 0 Å². The summed E-state index contributed by atoms with van der Waals surface area (Å²) >= 11 is 11.1. The van der Waals surface area contributed by atoms with Crippen LogP contribution in [0.15, 0.2) is 48.5 Å². The van der Waals surface area contributed by atoms with Crippen molar-refractivity contribution in [2.24, 2.45) is 11.8 Å². The minimum Gasteiger partial charge on any atom is -0.478 e. The van der Waals surface area contributed by atoms with E-state index in [1.807, 2.05) is 36.4 Å². The first-order valence-electron chi connectivity index (χ1n) is 13.9. The molecule has 0 aliphatic rings. The summed E-state index contributed by atoms with van der Waals surface area (Å²) in [6.45, 7) is 7.31. The van der Waals surface area contributed by atoms with Gasteiger partial charge in [-0.2, -0.15) is 12.6 Å². The summed E-state index contributed by atoms with van der Waals surface area (Å²) in [5, 5.41) is 13.1. The lowest BCUT2D eigenvalue weighted by Crippen LogP contribution is -2.33. The number of carboxylic acid groups (broad SMARTS) is 1. The number of carbonyl (C=O) groups is 2. The van der Waals surface area contributed by atoms with Crippen LogP contribution in [0.1, 0.15) is 80.3 Å². The van der Waals surface area contributed by atoms with Crippen LogP contribution in [0.4, 0.5) is 0 Å². The Labute approximate surface area is 242 Å². The number of amides is 1. The second kappa shape index (κ2) is 15.1. The number of benzene rings is 2. The number of hydrogen-bond acceptors (Lipinski definition) is 4. The highest BCUT2D eigenvalue weighted by atomic mass is 35.5. The predicted molar refractivity (Wildman–Crippen MR) is 162 cm³/mol. The normalized spacial score (nSPS) is 12.1. The van der Waals surface area contributed by atoms with Crippen molar-refractivity contribution in [1.29, 1.82) is 0 Å². The van der Waals surface area contributed by atoms with Crippen molar-refractivity contribution < 1.29 is 14.7 Å². The van der Waals surface area contributed by atoms with Gasteiger partial charge >= 0.3 is 5.97 Å². The molecule has 0 aliphatic carbocycles. The second-order valence-electron chi connectivity index (χ2n) is 10.0. The largest absolute Gasteiger partial charge is 0.478 e. The molecule has 1 heterocycles. The van der Waals surface area contributed by atoms with E-state index in [9.17, 15) is 14.7 Å². The highest BCUT2D eigenvalue weighted by Gasteiger charge is 2.22. The van der Waals surface area contributed by atoms with E-state index < -0.39 is 5.97 Å². The van der Waals surface area contributed by atoms with Crippen molar-refractivity contribution >= 4 is 36.1 Å². The third-order valence-electron chi connectivity index (χ3n) is 7.41. The molecule has 210 valence electrons. The van der Waals surface area contributed by atoms with Crippen LogP contribution in [0.2, 0.25) is 5.15 Å². The summed E-state index contributed by atoms with van der Waals surface area (Å²) in [6, 6.07) is 14.9. The maximum Gasteiger partial charge on any atom is 0.336 e. The van der Waals surface area contributed by atoms with Gasteiger partial charge in [-0.25, -0.2) is 9.78 Å². The Morgan fingerprint density at radius 3 is 2.38 bits per heavy atom. The number of aryl methyl sites for hydroxylation is 1. The third-order valence-corrected chi connectivity index (χ3v) is 8.16. The van der Waals surface area contributed by atoms with Gasteiger partial charge in [0.05, 0.1) is 17.8 Å². The van der Waals surface area contributed by atoms with Crippen LogP contribution in [0, 0.1) is 11.8 Å². The Kier molecular flexibility index (Phi) is 11.9. The Bertz CT molecular complexity index is 1240. The first kappa shape index (κ1) is 30.8. The average molecular weight is 570 g/mol. The lowest BCUT2D eigenvalue weighted by molar-refractivity contribution is -0.125. The van der Waals surface area contributed by atoms with E-state index in [1.54, 1.807) is 12.1 Å². The average Bonchev–Trinajstić information content (AvgIpc) is 3.24. The van der Waals surface area contributed by atoms with Crippen LogP contribution in [0.5, 0.6) is 0 Å². The number of carbonyl (C=O) groups excluding carboxylic acids is 1. The highest BCUT2D eigenvalue weighted by molar-refractivity contribution is 7.80. The molecule has 2 aromatic carbocycles. The van der Waals surface area contributed by atoms with Gasteiger partial charge in [0.25, 0.3) is 0 Å². The van der Waals surface area contributed by atoms with Crippen molar-refractivity contribution in [3.63, 3.8) is 0 Å². The zero-order chi connectivity index (χ0) is 28.4. The van der Waals surface area contributed by atoms with Gasteiger partial charge in [-0.1, -0.05) is 94.1 Å². The zero-order valence-corrected chi connectivity index (χ0v) is 24.8. The molecule has 0 spiro atoms. The highest BCUT2D eigenvalue weighted by Crippen LogP contribution is 2.26. The Balaban J connectivity index is 1.82. The number of imidazole rings is 1. The van der Waals surface area contributed by atoms with E-state index in [4.69, 9.17) is 11.6 Å². The zero-order valence-electron chi connectivity index (χ0n) is 23.1. The van der Waals surface area contributed by atoms with Gasteiger partial charge in [-0.15, -0.1) is 0 Å². The number of unbranched alkanes of at least 4 members (excludes halogenated alkanes) is 1. The van der Waals surface area contributed by atoms with Gasteiger partial charge in [0.2, 0.25) is 5.91 Å². The fourth-order valence-corrected chi connectivity index (χ4v) is 5.47. The molecular formula is C31H40ClN3O3S. The summed E-state index contributed by atoms with van der Waals surface area (Å²) in [5.41, 5.74) is 3.62. The molecule has 0 saturated heterocycles. The van der Waals surface area contributed by atoms with Crippen molar-refractivity contribution in [3.8, 4) is 11.1 Å². The van der Waals surface area contributed by atoms with E-state index in [1.165, 1.54) is 0 Å². The van der Waals surface area contributed by atoms with Gasteiger partial charge in [-0.05, 0) is 41.5 Å². The van der Waals surface area contributed by atoms with E-state index in [-0.39, 0.29) is 17.4 Å². The molecule has 1 amide bonds. The molecule has 6 nitrogen and oxygen atoms in total. The number of rotatable bonds is 15. The molecule has 2 N–H and O–H groups in total. The molecule has 1 aromatic heterocycles. The maximum atomic E-state index is 13.0. The van der Waals surface area contributed by atoms with Gasteiger partial charge in [0, 0.05) is 24.6 Å². The number of aromatic carboxylic acids is 1. The predicted octanol–water partition coefficient (Wildman–Crippen LogP) is 7.28. The molecule has 8 heteroatoms. The van der Waals surface area contributed by atoms with Gasteiger partial charge in [0.1, 0.15) is 5.82 Å². The number of thiol groups is 1. The van der Waals surface area contributed by atoms with Gasteiger partial charge in [-0.3, -0.25) is 4.79 Å². The quantitative estimate of drug-likeness (QED) is 0.168. The number of nitrogens with zero attached hydrogens (tertiary/aromatic N) is 2. The molecule has 0 radical (unpaired) electrons. The molecule has 0 fully saturated rings. The minimum absolute atomic E-state index is 0.00252. The molecule has 3 rings (SSSR count). The first-order valence-corrected chi connectivity index (χ1v) is 14.9. The molecular weight excluding hydrogens is 530 g/mol. The van der Waals surface area contributed by atoms with E-state index in [2.05, 4.69) is 48.3 Å². The Hall–Kier alpha value is -2.77. The van der Waals surface area contributed by atoms with Crippen molar-refractivity contribution in [1.82, 2.24) is 14.9 Å². The van der Waals surface area contributed by atoms with E-state index in [0.717, 1.165) is 61.2 Å². The number of carboxylic acids is 1. The summed E-state index contributed by atoms with van der Waals surface area (Å²) < 4.78 is 2.11. The molecule has 0 bridgehead atoms. The summed E-state index contributed by atoms with van der Waals surface area (Å²) in [7, 11) is 0. The van der Waals surface area contributed by atoms with Crippen LogP contribution >= 0.6 is 24.2 Å². The van der Waals surface area contributed by atoms with Gasteiger partial charge in [0.15, 0.2) is 5.15 Å². The third kappa shape index (κ3) is 8.12. The Morgan fingerprint density at radius 2 is 1.77 bits per heavy atom. The number of aromatic nitrogens is 2. The standard InChI is InChI=1S/C31H40ClN3O3S/c1-4-7-12-28-34-29(32)27(18-33-30(36)24(20-39)17-21(5-2)6-3)35(28)19-22-13-15-23(16-14-22)25-10-8-9-11-26(25)31(37)38/h8-11,13-16,21,24,39H,4-7,12,17-20H2,1-3H3,(H,33,36)(H,37,38). The molecule has 39 heavy (non-hydrogen) atoms. The topological polar surface area (TPSA) is 84.2 Å². The number of hydrogen-bond donors (Lipinski definition) is 3. The summed E-state index contributed by atoms with van der Waals surface area (Å²) in [4.78, 5) is 29.4. The maximum absolute atomic E-state index is 13.0. The van der Waals surface area contributed by atoms with Crippen molar-refractivity contribution in [2.45, 2.75) is 72.4 Å². The molecule has 1 atom stereocenters. The second-order valence-corrected chi connectivity index (χ2v) is 10.7. The monoisotopic (exact) mass is 569 g/mol. The van der Waals surface area contributed by atoms with Crippen LogP contribution < -0.4 is 5.32 Å². The first-order chi connectivity index (χ1) is 18.8. The molecule has 3 aromatic rings. The fourth-order valence-electron chi connectivity index (χ4n) is 4.88.